The molecule has 0 spiro atoms. The molecule has 0 bridgehead atoms. The van der Waals surface area contributed by atoms with Gasteiger partial charge in [0, 0.05) is 108 Å². The molecule has 0 saturated carbocycles. The van der Waals surface area contributed by atoms with Gasteiger partial charge >= 0.3 is 6.61 Å². The molecule has 73 heavy (non-hydrogen) atoms. The quantitative estimate of drug-likeness (QED) is 0.124. The molecule has 6 aromatic rings. The lowest BCUT2D eigenvalue weighted by Crippen LogP contribution is -2.55. The number of likely N-dealkylation sites (tertiary alicyclic amines) is 1. The summed E-state index contributed by atoms with van der Waals surface area (Å²) < 4.78 is 45.7. The van der Waals surface area contributed by atoms with Crippen molar-refractivity contribution in [2.24, 2.45) is 5.92 Å². The maximum absolute atomic E-state index is 15.1. The summed E-state index contributed by atoms with van der Waals surface area (Å²) in [6.07, 6.45) is 6.32. The molecule has 0 aliphatic carbocycles. The van der Waals surface area contributed by atoms with Crippen LogP contribution in [0.5, 0.6) is 5.75 Å². The molecule has 21 heteroatoms. The van der Waals surface area contributed by atoms with Crippen LogP contribution in [0.1, 0.15) is 50.6 Å². The van der Waals surface area contributed by atoms with Crippen LogP contribution in [-0.4, -0.2) is 165 Å². The Morgan fingerprint density at radius 1 is 0.767 bits per heavy atom. The largest absolute Gasteiger partial charge is 0.435 e. The average Bonchev–Trinajstić information content (AvgIpc) is 3.40. The first-order valence-corrected chi connectivity index (χ1v) is 24.3. The number of hydrogen-bond donors (Lipinski definition) is 3. The number of nitrogens with zero attached hydrogens (tertiary/aromatic N) is 9. The van der Waals surface area contributed by atoms with E-state index in [4.69, 9.17) is 0 Å². The van der Waals surface area contributed by atoms with Gasteiger partial charge in [0.1, 0.15) is 17.9 Å². The highest BCUT2D eigenvalue weighted by molar-refractivity contribution is 6.03. The first-order chi connectivity index (χ1) is 35.4. The predicted octanol–water partition coefficient (Wildman–Crippen LogP) is 4.29. The molecule has 4 amide bonds. The standard InChI is InChI=1S/C52H55F3N12O6/c53-43-9-8-35(25-44-40-6-1-2-7-41(40)49(70)62-61-44)24-42(43)50(71)67-22-20-65(21-23-67)47(69)32-64-18-16-63(17-19-64)31-34-11-14-66(15-12-34)51(72)48-45(60-46(68)30-57-29-38-10-13-56-33-59-38)27-37(28-58-48)36-4-3-5-39(26-36)73-52(54)55/h1-10,13,24,26-28,33-34,52,57H,11-12,14-23,25,29-32H2,(H,60,68)(H,62,70). The Labute approximate surface area is 418 Å². The van der Waals surface area contributed by atoms with E-state index in [9.17, 15) is 32.8 Å². The lowest BCUT2D eigenvalue weighted by molar-refractivity contribution is -0.134. The number of aromatic amines is 1. The second-order valence-corrected chi connectivity index (χ2v) is 18.4. The Bertz CT molecular complexity index is 3000. The second-order valence-electron chi connectivity index (χ2n) is 18.4. The van der Waals surface area contributed by atoms with Crippen molar-refractivity contribution in [2.75, 3.05) is 90.4 Å². The molecule has 0 atom stereocenters. The number of carbonyl (C=O) groups excluding carboxylic acids is 4. The number of fused-ring (bicyclic) bond motifs is 1. The Hall–Kier alpha value is -7.62. The summed E-state index contributed by atoms with van der Waals surface area (Å²) in [6, 6.07) is 21.0. The van der Waals surface area contributed by atoms with Gasteiger partial charge in [-0.15, -0.1) is 0 Å². The third-order valence-electron chi connectivity index (χ3n) is 13.6. The highest BCUT2D eigenvalue weighted by atomic mass is 19.3. The second kappa shape index (κ2) is 23.3. The van der Waals surface area contributed by atoms with Gasteiger partial charge in [-0.25, -0.2) is 24.4 Å². The van der Waals surface area contributed by atoms with Crippen molar-refractivity contribution in [1.29, 1.82) is 0 Å². The molecule has 3 fully saturated rings. The summed E-state index contributed by atoms with van der Waals surface area (Å²) in [4.78, 5) is 88.8. The molecule has 3 saturated heterocycles. The number of benzene rings is 3. The summed E-state index contributed by atoms with van der Waals surface area (Å²) in [5, 5.41) is 13.8. The van der Waals surface area contributed by atoms with Crippen LogP contribution in [-0.2, 0) is 22.6 Å². The molecule has 0 unspecified atom stereocenters. The van der Waals surface area contributed by atoms with Crippen molar-refractivity contribution in [1.82, 2.24) is 55.0 Å². The van der Waals surface area contributed by atoms with Gasteiger partial charge in [0.15, 0.2) is 5.69 Å². The minimum absolute atomic E-state index is 0.0119. The molecule has 9 rings (SSSR count). The highest BCUT2D eigenvalue weighted by Gasteiger charge is 2.31. The third kappa shape index (κ3) is 12.7. The number of pyridine rings is 1. The number of halogens is 3. The van der Waals surface area contributed by atoms with E-state index in [0.29, 0.717) is 77.5 Å². The maximum Gasteiger partial charge on any atom is 0.387 e. The van der Waals surface area contributed by atoms with E-state index in [1.807, 2.05) is 12.1 Å². The Morgan fingerprint density at radius 3 is 2.26 bits per heavy atom. The Kier molecular flexibility index (Phi) is 16.1. The number of hydrogen-bond acceptors (Lipinski definition) is 13. The van der Waals surface area contributed by atoms with Crippen molar-refractivity contribution >= 4 is 40.1 Å². The Balaban J connectivity index is 0.727. The number of nitrogens with one attached hydrogen (secondary N) is 3. The third-order valence-corrected chi connectivity index (χ3v) is 13.6. The molecule has 3 aromatic carbocycles. The molecular formula is C52H55F3N12O6. The van der Waals surface area contributed by atoms with E-state index in [1.165, 1.54) is 36.8 Å². The molecule has 3 aliphatic rings. The van der Waals surface area contributed by atoms with Gasteiger partial charge in [0.25, 0.3) is 17.4 Å². The Morgan fingerprint density at radius 2 is 1.51 bits per heavy atom. The van der Waals surface area contributed by atoms with Crippen LogP contribution in [0.2, 0.25) is 0 Å². The van der Waals surface area contributed by atoms with Gasteiger partial charge in [0.2, 0.25) is 11.8 Å². The SMILES string of the molecule is O=C(CNCc1ccncn1)Nc1cc(-c2cccc(OC(F)F)c2)cnc1C(=O)N1CCC(CN2CCN(CC(=O)N3CCN(C(=O)c4cc(Cc5n[nH]c(=O)c6ccccc56)ccc4F)CC3)CC2)CC1. The topological polar surface area (TPSA) is 202 Å². The zero-order chi connectivity index (χ0) is 50.8. The van der Waals surface area contributed by atoms with Gasteiger partial charge in [-0.1, -0.05) is 36.4 Å². The molecule has 6 heterocycles. The van der Waals surface area contributed by atoms with E-state index in [2.05, 4.69) is 50.3 Å². The number of rotatable bonds is 16. The number of H-pyrrole nitrogens is 1. The van der Waals surface area contributed by atoms with Gasteiger partial charge in [-0.05, 0) is 72.4 Å². The molecule has 380 valence electrons. The summed E-state index contributed by atoms with van der Waals surface area (Å²) in [5.74, 6) is -1.53. The van der Waals surface area contributed by atoms with E-state index in [1.54, 1.807) is 63.4 Å². The van der Waals surface area contributed by atoms with Gasteiger partial charge in [-0.2, -0.15) is 13.9 Å². The van der Waals surface area contributed by atoms with Crippen molar-refractivity contribution in [3.63, 3.8) is 0 Å². The van der Waals surface area contributed by atoms with Gasteiger partial charge in [-0.3, -0.25) is 28.9 Å². The fraction of sp³-hybridized carbons (Fsp3) is 0.365. The molecule has 18 nitrogen and oxygen atoms in total. The lowest BCUT2D eigenvalue weighted by Gasteiger charge is -2.40. The van der Waals surface area contributed by atoms with Crippen LogP contribution in [0.3, 0.4) is 0 Å². The molecule has 0 radical (unpaired) electrons. The van der Waals surface area contributed by atoms with Gasteiger partial charge < -0.3 is 35.0 Å². The normalized spacial score (nSPS) is 16.0. The first kappa shape index (κ1) is 50.3. The van der Waals surface area contributed by atoms with Crippen molar-refractivity contribution in [2.45, 2.75) is 32.4 Å². The molecule has 3 aromatic heterocycles. The van der Waals surface area contributed by atoms with Gasteiger partial charge in [0.05, 0.1) is 41.1 Å². The number of ether oxygens (including phenoxy) is 1. The predicted molar refractivity (Wildman–Crippen MR) is 264 cm³/mol. The number of anilines is 1. The fourth-order valence-corrected chi connectivity index (χ4v) is 9.59. The number of piperidine rings is 1. The number of aromatic nitrogens is 5. The average molecular weight is 1000 g/mol. The molecule has 3 aliphatic heterocycles. The van der Waals surface area contributed by atoms with Crippen LogP contribution in [0.4, 0.5) is 18.9 Å². The number of piperazine rings is 2. The number of amides is 4. The van der Waals surface area contributed by atoms with Crippen molar-refractivity contribution < 1.29 is 37.1 Å². The van der Waals surface area contributed by atoms with Crippen molar-refractivity contribution in [3.05, 3.63) is 142 Å². The summed E-state index contributed by atoms with van der Waals surface area (Å²) in [5.41, 5.74) is 2.88. The summed E-state index contributed by atoms with van der Waals surface area (Å²) in [6.45, 7) is 3.61. The minimum Gasteiger partial charge on any atom is -0.435 e. The van der Waals surface area contributed by atoms with E-state index >= 15 is 4.39 Å². The van der Waals surface area contributed by atoms with Crippen molar-refractivity contribution in [3.8, 4) is 16.9 Å². The summed E-state index contributed by atoms with van der Waals surface area (Å²) >= 11 is 0. The zero-order valence-electron chi connectivity index (χ0n) is 40.0. The molecular weight excluding hydrogens is 946 g/mol. The van der Waals surface area contributed by atoms with Crippen LogP contribution in [0.15, 0.2) is 102 Å². The number of carbonyl (C=O) groups is 4. The summed E-state index contributed by atoms with van der Waals surface area (Å²) in [7, 11) is 0. The van der Waals surface area contributed by atoms with E-state index in [0.717, 1.165) is 45.6 Å². The first-order valence-electron chi connectivity index (χ1n) is 24.3. The van der Waals surface area contributed by atoms with Crippen LogP contribution in [0.25, 0.3) is 21.9 Å². The minimum atomic E-state index is -3.01. The van der Waals surface area contributed by atoms with Crippen LogP contribution < -0.4 is 20.9 Å². The smallest absolute Gasteiger partial charge is 0.387 e. The monoisotopic (exact) mass is 1000 g/mol. The number of alkyl halides is 2. The van der Waals surface area contributed by atoms with Crippen LogP contribution >= 0.6 is 0 Å². The fourth-order valence-electron chi connectivity index (χ4n) is 9.59. The maximum atomic E-state index is 15.1. The molecule has 3 N–H and O–H groups in total. The van der Waals surface area contributed by atoms with E-state index in [-0.39, 0.29) is 72.7 Å². The van der Waals surface area contributed by atoms with E-state index < -0.39 is 24.2 Å². The zero-order valence-corrected chi connectivity index (χ0v) is 40.0. The highest BCUT2D eigenvalue weighted by Crippen LogP contribution is 2.30. The lowest BCUT2D eigenvalue weighted by atomic mass is 9.95. The van der Waals surface area contributed by atoms with Crippen LogP contribution in [0, 0.1) is 11.7 Å².